The third-order valence-electron chi connectivity index (χ3n) is 5.78. The highest BCUT2D eigenvalue weighted by atomic mass is 35.5. The smallest absolute Gasteiger partial charge is 0.256 e. The van der Waals surface area contributed by atoms with Crippen molar-refractivity contribution in [3.63, 3.8) is 0 Å². The van der Waals surface area contributed by atoms with Crippen LogP contribution in [0.3, 0.4) is 0 Å². The van der Waals surface area contributed by atoms with E-state index in [0.717, 1.165) is 39.0 Å². The predicted octanol–water partition coefficient (Wildman–Crippen LogP) is 2.97. The van der Waals surface area contributed by atoms with Gasteiger partial charge in [0.05, 0.1) is 5.56 Å². The zero-order valence-corrected chi connectivity index (χ0v) is 15.8. The Morgan fingerprint density at radius 1 is 1.16 bits per heavy atom. The fourth-order valence-electron chi connectivity index (χ4n) is 3.94. The Bertz CT molecular complexity index is 611. The first-order valence-electron chi connectivity index (χ1n) is 9.12. The molecule has 0 bridgehead atoms. The Kier molecular flexibility index (Phi) is 5.97. The summed E-state index contributed by atoms with van der Waals surface area (Å²) in [6.45, 7) is 8.16. The number of likely N-dealkylation sites (tertiary alicyclic amines) is 1. The Morgan fingerprint density at radius 2 is 1.80 bits per heavy atom. The van der Waals surface area contributed by atoms with Crippen molar-refractivity contribution in [1.29, 1.82) is 0 Å². The number of rotatable bonds is 3. The van der Waals surface area contributed by atoms with Crippen LogP contribution >= 0.6 is 11.6 Å². The highest BCUT2D eigenvalue weighted by Crippen LogP contribution is 2.26. The van der Waals surface area contributed by atoms with Gasteiger partial charge < -0.3 is 9.80 Å². The summed E-state index contributed by atoms with van der Waals surface area (Å²) in [6.07, 6.45) is 1.95. The van der Waals surface area contributed by atoms with Gasteiger partial charge in [0, 0.05) is 50.3 Å². The lowest BCUT2D eigenvalue weighted by Gasteiger charge is -2.42. The van der Waals surface area contributed by atoms with Gasteiger partial charge in [-0.15, -0.1) is 0 Å². The molecule has 3 rings (SSSR count). The minimum absolute atomic E-state index is 0.0815. The molecule has 0 N–H and O–H groups in total. The van der Waals surface area contributed by atoms with Gasteiger partial charge in [0.1, 0.15) is 5.82 Å². The van der Waals surface area contributed by atoms with Crippen LogP contribution in [0.1, 0.15) is 30.1 Å². The van der Waals surface area contributed by atoms with Crippen molar-refractivity contribution in [3.05, 3.63) is 34.6 Å². The van der Waals surface area contributed by atoms with Crippen molar-refractivity contribution < 1.29 is 9.18 Å². The summed E-state index contributed by atoms with van der Waals surface area (Å²) in [5.74, 6) is -0.148. The molecule has 2 fully saturated rings. The summed E-state index contributed by atoms with van der Waals surface area (Å²) in [6, 6.07) is 4.70. The molecule has 0 aromatic heterocycles. The molecule has 2 aliphatic rings. The number of carbonyl (C=O) groups is 1. The van der Waals surface area contributed by atoms with E-state index in [1.807, 2.05) is 0 Å². The number of piperidine rings is 1. The molecule has 0 radical (unpaired) electrons. The molecular weight excluding hydrogens is 341 g/mol. The van der Waals surface area contributed by atoms with Gasteiger partial charge in [-0.3, -0.25) is 9.69 Å². The second-order valence-electron chi connectivity index (χ2n) is 7.33. The summed E-state index contributed by atoms with van der Waals surface area (Å²) in [5, 5.41) is 0.392. The Labute approximate surface area is 154 Å². The van der Waals surface area contributed by atoms with Crippen molar-refractivity contribution in [2.75, 3.05) is 46.3 Å². The van der Waals surface area contributed by atoms with Gasteiger partial charge in [0.15, 0.2) is 0 Å². The number of hydrogen-bond acceptors (Lipinski definition) is 3. The maximum absolute atomic E-state index is 13.9. The van der Waals surface area contributed by atoms with Crippen LogP contribution in [0, 0.1) is 11.7 Å². The lowest BCUT2D eigenvalue weighted by atomic mass is 9.88. The SMILES string of the molecule is C[C@H](C1CCN(C(=O)c2cc(Cl)ccc2F)CC1)N1CCN(C)CC1. The molecule has 0 spiro atoms. The van der Waals surface area contributed by atoms with E-state index < -0.39 is 5.82 Å². The molecule has 1 aromatic carbocycles. The zero-order chi connectivity index (χ0) is 18.0. The monoisotopic (exact) mass is 367 g/mol. The fourth-order valence-corrected chi connectivity index (χ4v) is 4.12. The van der Waals surface area contributed by atoms with Crippen molar-refractivity contribution in [3.8, 4) is 0 Å². The zero-order valence-electron chi connectivity index (χ0n) is 15.0. The summed E-state index contributed by atoms with van der Waals surface area (Å²) >= 11 is 5.91. The fraction of sp³-hybridized carbons (Fsp3) is 0.632. The molecule has 4 nitrogen and oxygen atoms in total. The van der Waals surface area contributed by atoms with E-state index in [4.69, 9.17) is 11.6 Å². The van der Waals surface area contributed by atoms with Crippen molar-refractivity contribution >= 4 is 17.5 Å². The van der Waals surface area contributed by atoms with E-state index in [1.165, 1.54) is 18.2 Å². The van der Waals surface area contributed by atoms with Crippen LogP contribution in [-0.2, 0) is 0 Å². The van der Waals surface area contributed by atoms with E-state index in [2.05, 4.69) is 23.8 Å². The van der Waals surface area contributed by atoms with Gasteiger partial charge in [-0.2, -0.15) is 0 Å². The summed E-state index contributed by atoms with van der Waals surface area (Å²) in [4.78, 5) is 19.3. The molecule has 0 saturated carbocycles. The van der Waals surface area contributed by atoms with E-state index in [9.17, 15) is 9.18 Å². The van der Waals surface area contributed by atoms with Gasteiger partial charge in [-0.05, 0) is 50.9 Å². The number of benzene rings is 1. The predicted molar refractivity (Wildman–Crippen MR) is 98.6 cm³/mol. The van der Waals surface area contributed by atoms with Crippen molar-refractivity contribution in [2.24, 2.45) is 5.92 Å². The molecule has 1 aromatic rings. The van der Waals surface area contributed by atoms with Crippen LogP contribution in [0.2, 0.25) is 5.02 Å². The third-order valence-corrected chi connectivity index (χ3v) is 6.02. The van der Waals surface area contributed by atoms with Crippen LogP contribution < -0.4 is 0 Å². The second-order valence-corrected chi connectivity index (χ2v) is 7.77. The first-order valence-corrected chi connectivity index (χ1v) is 9.50. The molecule has 138 valence electrons. The van der Waals surface area contributed by atoms with Crippen LogP contribution in [0.4, 0.5) is 4.39 Å². The number of halogens is 2. The van der Waals surface area contributed by atoms with Crippen LogP contribution in [0.25, 0.3) is 0 Å². The molecule has 0 unspecified atom stereocenters. The summed E-state index contributed by atoms with van der Waals surface area (Å²) in [5.41, 5.74) is 0.0815. The molecule has 0 aliphatic carbocycles. The topological polar surface area (TPSA) is 26.8 Å². The largest absolute Gasteiger partial charge is 0.339 e. The van der Waals surface area contributed by atoms with E-state index >= 15 is 0 Å². The maximum Gasteiger partial charge on any atom is 0.256 e. The molecular formula is C19H27ClFN3O. The summed E-state index contributed by atoms with van der Waals surface area (Å²) in [7, 11) is 2.17. The van der Waals surface area contributed by atoms with Gasteiger partial charge in [0.2, 0.25) is 0 Å². The maximum atomic E-state index is 13.9. The standard InChI is InChI=1S/C19H27ClFN3O/c1-14(23-11-9-22(2)10-12-23)15-5-7-24(8-6-15)19(25)17-13-16(20)3-4-18(17)21/h3-4,13-15H,5-12H2,1-2H3/t14-/m1/s1. The number of amides is 1. The van der Waals surface area contributed by atoms with E-state index in [1.54, 1.807) is 4.90 Å². The van der Waals surface area contributed by atoms with E-state index in [-0.39, 0.29) is 11.5 Å². The highest BCUT2D eigenvalue weighted by molar-refractivity contribution is 6.31. The average Bonchev–Trinajstić information content (AvgIpc) is 2.63. The highest BCUT2D eigenvalue weighted by Gasteiger charge is 2.31. The summed E-state index contributed by atoms with van der Waals surface area (Å²) < 4.78 is 13.9. The average molecular weight is 368 g/mol. The van der Waals surface area contributed by atoms with Crippen LogP contribution in [-0.4, -0.2) is 73.0 Å². The normalized spacial score (nSPS) is 22.2. The third kappa shape index (κ3) is 4.33. The number of likely N-dealkylation sites (N-methyl/N-ethyl adjacent to an activating group) is 1. The molecule has 2 saturated heterocycles. The molecule has 2 aliphatic heterocycles. The number of hydrogen-bond donors (Lipinski definition) is 0. The van der Waals surface area contributed by atoms with Gasteiger partial charge in [0.25, 0.3) is 5.91 Å². The van der Waals surface area contributed by atoms with Crippen molar-refractivity contribution in [2.45, 2.75) is 25.8 Å². The second kappa shape index (κ2) is 8.02. The first-order chi connectivity index (χ1) is 12.0. The lowest BCUT2D eigenvalue weighted by Crippen LogP contribution is -2.52. The number of nitrogens with zero attached hydrogens (tertiary/aromatic N) is 3. The van der Waals surface area contributed by atoms with Crippen LogP contribution in [0.5, 0.6) is 0 Å². The Morgan fingerprint density at radius 3 is 2.44 bits per heavy atom. The first kappa shape index (κ1) is 18.6. The van der Waals surface area contributed by atoms with Gasteiger partial charge >= 0.3 is 0 Å². The Hall–Kier alpha value is -1.17. The molecule has 1 amide bonds. The Balaban J connectivity index is 1.56. The minimum Gasteiger partial charge on any atom is -0.339 e. The molecule has 25 heavy (non-hydrogen) atoms. The number of piperazine rings is 1. The van der Waals surface area contributed by atoms with Gasteiger partial charge in [-0.25, -0.2) is 4.39 Å². The number of carbonyl (C=O) groups excluding carboxylic acids is 1. The molecule has 2 heterocycles. The minimum atomic E-state index is -0.498. The van der Waals surface area contributed by atoms with Crippen molar-refractivity contribution in [1.82, 2.24) is 14.7 Å². The van der Waals surface area contributed by atoms with E-state index in [0.29, 0.717) is 30.1 Å². The lowest BCUT2D eigenvalue weighted by molar-refractivity contribution is 0.0497. The van der Waals surface area contributed by atoms with Gasteiger partial charge in [-0.1, -0.05) is 11.6 Å². The quantitative estimate of drug-likeness (QED) is 0.821. The molecule has 6 heteroatoms. The molecule has 1 atom stereocenters. The van der Waals surface area contributed by atoms with Crippen LogP contribution in [0.15, 0.2) is 18.2 Å².